The number of benzene rings is 1. The van der Waals surface area contributed by atoms with Crippen LogP contribution in [0.15, 0.2) is 18.2 Å². The number of phenols is 2. The minimum atomic E-state index is -0.947. The third kappa shape index (κ3) is 4.25. The van der Waals surface area contributed by atoms with Crippen LogP contribution in [0.5, 0.6) is 11.5 Å². The number of aromatic hydroxyl groups is 2. The zero-order chi connectivity index (χ0) is 13.9. The van der Waals surface area contributed by atoms with Gasteiger partial charge in [0.05, 0.1) is 0 Å². The average molecular weight is 253 g/mol. The second-order valence-electron chi connectivity index (χ2n) is 5.31. The van der Waals surface area contributed by atoms with Crippen LogP contribution in [0.1, 0.15) is 26.3 Å². The highest BCUT2D eigenvalue weighted by Crippen LogP contribution is 2.25. The van der Waals surface area contributed by atoms with E-state index < -0.39 is 12.0 Å². The summed E-state index contributed by atoms with van der Waals surface area (Å²) < 4.78 is 0. The van der Waals surface area contributed by atoms with E-state index in [2.05, 4.69) is 5.32 Å². The molecule has 1 aromatic rings. The SMILES string of the molecule is CC(C)(C)N[C@@H](Cc1ccc(O)c(O)c1)C(=O)O. The smallest absolute Gasteiger partial charge is 0.321 e. The van der Waals surface area contributed by atoms with E-state index in [1.54, 1.807) is 6.07 Å². The van der Waals surface area contributed by atoms with Crippen LogP contribution >= 0.6 is 0 Å². The Bertz CT molecular complexity index is 437. The van der Waals surface area contributed by atoms with Crippen LogP contribution < -0.4 is 5.32 Å². The van der Waals surface area contributed by atoms with Gasteiger partial charge in [-0.25, -0.2) is 0 Å². The molecule has 100 valence electrons. The van der Waals surface area contributed by atoms with E-state index in [0.717, 1.165) is 0 Å². The van der Waals surface area contributed by atoms with Gasteiger partial charge in [0.1, 0.15) is 6.04 Å². The Morgan fingerprint density at radius 2 is 1.89 bits per heavy atom. The maximum Gasteiger partial charge on any atom is 0.321 e. The molecule has 0 saturated heterocycles. The fourth-order valence-electron chi connectivity index (χ4n) is 1.65. The molecule has 0 amide bonds. The Morgan fingerprint density at radius 3 is 2.33 bits per heavy atom. The predicted octanol–water partition coefficient (Wildman–Crippen LogP) is 1.48. The largest absolute Gasteiger partial charge is 0.504 e. The van der Waals surface area contributed by atoms with Crippen molar-refractivity contribution in [3.63, 3.8) is 0 Å². The molecular formula is C13H19NO4. The summed E-state index contributed by atoms with van der Waals surface area (Å²) in [6.45, 7) is 5.66. The summed E-state index contributed by atoms with van der Waals surface area (Å²) in [5, 5.41) is 30.7. The zero-order valence-corrected chi connectivity index (χ0v) is 10.8. The molecule has 0 saturated carbocycles. The number of rotatable bonds is 4. The summed E-state index contributed by atoms with van der Waals surface area (Å²) >= 11 is 0. The van der Waals surface area contributed by atoms with Gasteiger partial charge in [-0.05, 0) is 44.9 Å². The highest BCUT2D eigenvalue weighted by Gasteiger charge is 2.23. The van der Waals surface area contributed by atoms with Gasteiger partial charge in [0.25, 0.3) is 0 Å². The van der Waals surface area contributed by atoms with Gasteiger partial charge in [0, 0.05) is 5.54 Å². The maximum atomic E-state index is 11.2. The molecule has 18 heavy (non-hydrogen) atoms. The van der Waals surface area contributed by atoms with Gasteiger partial charge in [0.2, 0.25) is 0 Å². The summed E-state index contributed by atoms with van der Waals surface area (Å²) in [5.74, 6) is -1.40. The van der Waals surface area contributed by atoms with Crippen LogP contribution in [0.4, 0.5) is 0 Å². The van der Waals surface area contributed by atoms with Crippen LogP contribution in [0.2, 0.25) is 0 Å². The molecule has 0 heterocycles. The predicted molar refractivity (Wildman–Crippen MR) is 67.8 cm³/mol. The van der Waals surface area contributed by atoms with E-state index in [9.17, 15) is 15.0 Å². The third-order valence-electron chi connectivity index (χ3n) is 2.38. The van der Waals surface area contributed by atoms with Crippen molar-refractivity contribution in [3.05, 3.63) is 23.8 Å². The molecule has 0 aromatic heterocycles. The number of aliphatic carboxylic acids is 1. The Labute approximate surface area is 106 Å². The summed E-state index contributed by atoms with van der Waals surface area (Å²) in [5.41, 5.74) is 0.330. The lowest BCUT2D eigenvalue weighted by atomic mass is 10.0. The number of hydrogen-bond donors (Lipinski definition) is 4. The molecule has 0 aliphatic rings. The van der Waals surface area contributed by atoms with Crippen molar-refractivity contribution >= 4 is 5.97 Å². The normalized spacial score (nSPS) is 13.3. The third-order valence-corrected chi connectivity index (χ3v) is 2.38. The maximum absolute atomic E-state index is 11.2. The van der Waals surface area contributed by atoms with E-state index in [1.807, 2.05) is 20.8 Å². The van der Waals surface area contributed by atoms with Crippen LogP contribution in [-0.2, 0) is 11.2 Å². The van der Waals surface area contributed by atoms with Crippen LogP contribution in [0.3, 0.4) is 0 Å². The lowest BCUT2D eigenvalue weighted by molar-refractivity contribution is -0.140. The summed E-state index contributed by atoms with van der Waals surface area (Å²) in [7, 11) is 0. The molecule has 0 radical (unpaired) electrons. The van der Waals surface area contributed by atoms with Crippen molar-refractivity contribution in [2.24, 2.45) is 0 Å². The van der Waals surface area contributed by atoms with E-state index in [0.29, 0.717) is 5.56 Å². The molecule has 0 fully saturated rings. The van der Waals surface area contributed by atoms with Crippen LogP contribution in [0, 0.1) is 0 Å². The monoisotopic (exact) mass is 253 g/mol. The van der Waals surface area contributed by atoms with Gasteiger partial charge >= 0.3 is 5.97 Å². The highest BCUT2D eigenvalue weighted by atomic mass is 16.4. The Balaban J connectivity index is 2.83. The molecule has 1 aromatic carbocycles. The van der Waals surface area contributed by atoms with Crippen molar-refractivity contribution < 1.29 is 20.1 Å². The molecular weight excluding hydrogens is 234 g/mol. The van der Waals surface area contributed by atoms with Gasteiger partial charge in [-0.2, -0.15) is 0 Å². The fourth-order valence-corrected chi connectivity index (χ4v) is 1.65. The van der Waals surface area contributed by atoms with Crippen molar-refractivity contribution in [2.45, 2.75) is 38.8 Å². The standard InChI is InChI=1S/C13H19NO4/c1-13(2,3)14-9(12(17)18)6-8-4-5-10(15)11(16)7-8/h4-5,7,9,14-16H,6H2,1-3H3,(H,17,18)/t9-/m0/s1. The van der Waals surface area contributed by atoms with E-state index in [1.165, 1.54) is 12.1 Å². The first-order chi connectivity index (χ1) is 8.19. The number of hydrogen-bond acceptors (Lipinski definition) is 4. The second-order valence-corrected chi connectivity index (χ2v) is 5.31. The molecule has 5 nitrogen and oxygen atoms in total. The van der Waals surface area contributed by atoms with E-state index in [-0.39, 0.29) is 23.5 Å². The lowest BCUT2D eigenvalue weighted by Crippen LogP contribution is -2.48. The molecule has 0 bridgehead atoms. The molecule has 0 spiro atoms. The van der Waals surface area contributed by atoms with E-state index in [4.69, 9.17) is 5.11 Å². The quantitative estimate of drug-likeness (QED) is 0.610. The van der Waals surface area contributed by atoms with Gasteiger partial charge in [-0.3, -0.25) is 10.1 Å². The van der Waals surface area contributed by atoms with Gasteiger partial charge in [-0.1, -0.05) is 6.07 Å². The first-order valence-electron chi connectivity index (χ1n) is 5.70. The first-order valence-corrected chi connectivity index (χ1v) is 5.70. The van der Waals surface area contributed by atoms with Gasteiger partial charge in [-0.15, -0.1) is 0 Å². The Kier molecular flexibility index (Phi) is 4.19. The van der Waals surface area contributed by atoms with Gasteiger partial charge in [0.15, 0.2) is 11.5 Å². The fraction of sp³-hybridized carbons (Fsp3) is 0.462. The number of phenolic OH excluding ortho intramolecular Hbond substituents is 2. The highest BCUT2D eigenvalue weighted by molar-refractivity contribution is 5.74. The summed E-state index contributed by atoms with van der Waals surface area (Å²) in [4.78, 5) is 11.2. The minimum absolute atomic E-state index is 0.214. The molecule has 1 atom stereocenters. The second kappa shape index (κ2) is 5.27. The minimum Gasteiger partial charge on any atom is -0.504 e. The molecule has 0 unspecified atom stereocenters. The summed E-state index contributed by atoms with van der Waals surface area (Å²) in [6.07, 6.45) is 0.237. The summed E-state index contributed by atoms with van der Waals surface area (Å²) in [6, 6.07) is 3.57. The van der Waals surface area contributed by atoms with Crippen molar-refractivity contribution in [1.29, 1.82) is 0 Å². The Morgan fingerprint density at radius 1 is 1.28 bits per heavy atom. The Hall–Kier alpha value is -1.75. The molecule has 0 aliphatic carbocycles. The van der Waals surface area contributed by atoms with E-state index >= 15 is 0 Å². The van der Waals surface area contributed by atoms with Crippen molar-refractivity contribution in [2.75, 3.05) is 0 Å². The molecule has 0 aliphatic heterocycles. The number of carbonyl (C=O) groups is 1. The average Bonchev–Trinajstić information content (AvgIpc) is 2.20. The van der Waals surface area contributed by atoms with Gasteiger partial charge < -0.3 is 15.3 Å². The topological polar surface area (TPSA) is 89.8 Å². The number of carboxylic acids is 1. The molecule has 4 N–H and O–H groups in total. The zero-order valence-electron chi connectivity index (χ0n) is 10.8. The number of nitrogens with one attached hydrogen (secondary N) is 1. The molecule has 1 rings (SSSR count). The van der Waals surface area contributed by atoms with Crippen molar-refractivity contribution in [1.82, 2.24) is 5.32 Å². The molecule has 5 heteroatoms. The lowest BCUT2D eigenvalue weighted by Gasteiger charge is -2.26. The van der Waals surface area contributed by atoms with Crippen LogP contribution in [0.25, 0.3) is 0 Å². The first kappa shape index (κ1) is 14.3. The van der Waals surface area contributed by atoms with Crippen molar-refractivity contribution in [3.8, 4) is 11.5 Å². The number of carboxylic acid groups (broad SMARTS) is 1. The van der Waals surface area contributed by atoms with Crippen LogP contribution in [-0.4, -0.2) is 32.9 Å².